The van der Waals surface area contributed by atoms with Gasteiger partial charge in [-0.3, -0.25) is 19.6 Å². The molecule has 8 heteroatoms. The van der Waals surface area contributed by atoms with Gasteiger partial charge in [0.05, 0.1) is 16.7 Å². The normalized spacial score (nSPS) is 10.1. The molecule has 0 bridgehead atoms. The minimum Gasteiger partial charge on any atom is -0.387 e. The first-order chi connectivity index (χ1) is 9.52. The minimum atomic E-state index is -0.541. The standard InChI is InChI=1S/C12H13N5O3/c1-13-10-4-3-8(17(19)20)7-9(10)12(18)15-11-5-6-14-16(11)2/h3-7,13H,1-2H3,(H,15,18). The molecule has 1 aromatic carbocycles. The minimum absolute atomic E-state index is 0.140. The van der Waals surface area contributed by atoms with Crippen molar-refractivity contribution in [1.82, 2.24) is 9.78 Å². The van der Waals surface area contributed by atoms with Crippen molar-refractivity contribution in [2.24, 2.45) is 7.05 Å². The van der Waals surface area contributed by atoms with Crippen LogP contribution in [0.4, 0.5) is 17.2 Å². The zero-order valence-corrected chi connectivity index (χ0v) is 11.0. The summed E-state index contributed by atoms with van der Waals surface area (Å²) < 4.78 is 1.49. The lowest BCUT2D eigenvalue weighted by atomic mass is 10.1. The molecule has 0 saturated heterocycles. The summed E-state index contributed by atoms with van der Waals surface area (Å²) in [4.78, 5) is 22.4. The van der Waals surface area contributed by atoms with Crippen LogP contribution in [-0.2, 0) is 7.05 Å². The van der Waals surface area contributed by atoms with Crippen molar-refractivity contribution in [2.45, 2.75) is 0 Å². The van der Waals surface area contributed by atoms with E-state index in [9.17, 15) is 14.9 Å². The predicted molar refractivity (Wildman–Crippen MR) is 73.8 cm³/mol. The molecule has 0 aliphatic carbocycles. The second-order valence-corrected chi connectivity index (χ2v) is 4.03. The lowest BCUT2D eigenvalue weighted by Gasteiger charge is -2.09. The number of carbonyl (C=O) groups is 1. The van der Waals surface area contributed by atoms with E-state index in [1.54, 1.807) is 26.4 Å². The average molecular weight is 275 g/mol. The first-order valence-electron chi connectivity index (χ1n) is 5.78. The van der Waals surface area contributed by atoms with Gasteiger partial charge in [-0.05, 0) is 6.07 Å². The van der Waals surface area contributed by atoms with Gasteiger partial charge in [-0.25, -0.2) is 0 Å². The van der Waals surface area contributed by atoms with Crippen molar-refractivity contribution in [1.29, 1.82) is 0 Å². The van der Waals surface area contributed by atoms with Gasteiger partial charge in [0.2, 0.25) is 0 Å². The highest BCUT2D eigenvalue weighted by Gasteiger charge is 2.17. The third-order valence-corrected chi connectivity index (χ3v) is 2.79. The smallest absolute Gasteiger partial charge is 0.270 e. The number of nitrogens with zero attached hydrogens (tertiary/aromatic N) is 3. The van der Waals surface area contributed by atoms with E-state index >= 15 is 0 Å². The van der Waals surface area contributed by atoms with Crippen LogP contribution in [0.1, 0.15) is 10.4 Å². The highest BCUT2D eigenvalue weighted by molar-refractivity contribution is 6.08. The van der Waals surface area contributed by atoms with E-state index in [4.69, 9.17) is 0 Å². The largest absolute Gasteiger partial charge is 0.387 e. The van der Waals surface area contributed by atoms with Crippen molar-refractivity contribution in [2.75, 3.05) is 17.7 Å². The number of hydrogen-bond acceptors (Lipinski definition) is 5. The summed E-state index contributed by atoms with van der Waals surface area (Å²) in [5.41, 5.74) is 0.567. The Morgan fingerprint density at radius 1 is 1.40 bits per heavy atom. The van der Waals surface area contributed by atoms with Crippen molar-refractivity contribution in [3.05, 3.63) is 46.1 Å². The Morgan fingerprint density at radius 2 is 2.15 bits per heavy atom. The van der Waals surface area contributed by atoms with E-state index in [0.29, 0.717) is 11.5 Å². The van der Waals surface area contributed by atoms with E-state index in [-0.39, 0.29) is 11.3 Å². The maximum Gasteiger partial charge on any atom is 0.270 e. The molecule has 2 N–H and O–H groups in total. The topological polar surface area (TPSA) is 102 Å². The Morgan fingerprint density at radius 3 is 2.70 bits per heavy atom. The highest BCUT2D eigenvalue weighted by atomic mass is 16.6. The molecule has 8 nitrogen and oxygen atoms in total. The van der Waals surface area contributed by atoms with Gasteiger partial charge in [0.15, 0.2) is 0 Å². The maximum absolute atomic E-state index is 12.2. The Hall–Kier alpha value is -2.90. The van der Waals surface area contributed by atoms with E-state index in [1.807, 2.05) is 0 Å². The van der Waals surface area contributed by atoms with Gasteiger partial charge in [0.25, 0.3) is 11.6 Å². The molecule has 0 aliphatic heterocycles. The fraction of sp³-hybridized carbons (Fsp3) is 0.167. The Labute approximate surface area is 114 Å². The molecule has 20 heavy (non-hydrogen) atoms. The van der Waals surface area contributed by atoms with Crippen LogP contribution in [0.15, 0.2) is 30.5 Å². The third kappa shape index (κ3) is 2.58. The van der Waals surface area contributed by atoms with E-state index in [1.165, 1.54) is 22.9 Å². The zero-order chi connectivity index (χ0) is 14.7. The Kier molecular flexibility index (Phi) is 3.65. The average Bonchev–Trinajstić information content (AvgIpc) is 2.83. The molecule has 0 saturated carbocycles. The number of rotatable bonds is 4. The summed E-state index contributed by atoms with van der Waals surface area (Å²) >= 11 is 0. The molecule has 1 aromatic heterocycles. The quantitative estimate of drug-likeness (QED) is 0.652. The van der Waals surface area contributed by atoms with Crippen molar-refractivity contribution in [3.63, 3.8) is 0 Å². The summed E-state index contributed by atoms with van der Waals surface area (Å²) in [6.07, 6.45) is 1.54. The number of aryl methyl sites for hydroxylation is 1. The number of carbonyl (C=O) groups excluding carboxylic acids is 1. The molecule has 0 radical (unpaired) electrons. The second-order valence-electron chi connectivity index (χ2n) is 4.03. The number of non-ortho nitro benzene ring substituents is 1. The fourth-order valence-electron chi connectivity index (χ4n) is 1.73. The summed E-state index contributed by atoms with van der Waals surface area (Å²) in [6, 6.07) is 5.70. The van der Waals surface area contributed by atoms with Crippen LogP contribution in [0.2, 0.25) is 0 Å². The molecule has 104 valence electrons. The second kappa shape index (κ2) is 5.39. The predicted octanol–water partition coefficient (Wildman–Crippen LogP) is 1.62. The zero-order valence-electron chi connectivity index (χ0n) is 11.0. The van der Waals surface area contributed by atoms with Gasteiger partial charge in [-0.1, -0.05) is 0 Å². The number of nitro groups is 1. The van der Waals surface area contributed by atoms with Crippen LogP contribution in [0, 0.1) is 10.1 Å². The third-order valence-electron chi connectivity index (χ3n) is 2.79. The highest BCUT2D eigenvalue weighted by Crippen LogP contribution is 2.22. The summed E-state index contributed by atoms with van der Waals surface area (Å²) in [6.45, 7) is 0. The molecule has 0 spiro atoms. The molecule has 1 amide bonds. The van der Waals surface area contributed by atoms with Crippen LogP contribution in [0.25, 0.3) is 0 Å². The first kappa shape index (κ1) is 13.5. The maximum atomic E-state index is 12.2. The Bertz CT molecular complexity index is 665. The summed E-state index contributed by atoms with van der Waals surface area (Å²) in [5.74, 6) is 0.0604. The van der Waals surface area contributed by atoms with E-state index in [0.717, 1.165) is 0 Å². The van der Waals surface area contributed by atoms with Crippen molar-refractivity contribution >= 4 is 23.1 Å². The van der Waals surface area contributed by atoms with Crippen LogP contribution in [0.5, 0.6) is 0 Å². The SMILES string of the molecule is CNc1ccc([N+](=O)[O-])cc1C(=O)Nc1ccnn1C. The monoisotopic (exact) mass is 275 g/mol. The number of benzene rings is 1. The number of anilines is 2. The number of aromatic nitrogens is 2. The van der Waals surface area contributed by atoms with Crippen LogP contribution >= 0.6 is 0 Å². The molecule has 0 unspecified atom stereocenters. The van der Waals surface area contributed by atoms with Crippen molar-refractivity contribution < 1.29 is 9.72 Å². The summed E-state index contributed by atoms with van der Waals surface area (Å²) in [7, 11) is 3.32. The van der Waals surface area contributed by atoms with Crippen LogP contribution in [0.3, 0.4) is 0 Å². The van der Waals surface area contributed by atoms with E-state index < -0.39 is 10.8 Å². The van der Waals surface area contributed by atoms with Crippen LogP contribution < -0.4 is 10.6 Å². The van der Waals surface area contributed by atoms with Gasteiger partial charge >= 0.3 is 0 Å². The Balaban J connectivity index is 2.35. The molecule has 0 atom stereocenters. The van der Waals surface area contributed by atoms with Gasteiger partial charge in [-0.2, -0.15) is 5.10 Å². The molecule has 1 heterocycles. The first-order valence-corrected chi connectivity index (χ1v) is 5.78. The van der Waals surface area contributed by atoms with Gasteiger partial charge < -0.3 is 10.6 Å². The molecule has 2 aromatic rings. The summed E-state index contributed by atoms with van der Waals surface area (Å²) in [5, 5.41) is 20.2. The number of nitro benzene ring substituents is 1. The van der Waals surface area contributed by atoms with Crippen molar-refractivity contribution in [3.8, 4) is 0 Å². The lowest BCUT2D eigenvalue weighted by Crippen LogP contribution is -2.16. The molecular weight excluding hydrogens is 262 g/mol. The van der Waals surface area contributed by atoms with Gasteiger partial charge in [0.1, 0.15) is 5.82 Å². The molecule has 2 rings (SSSR count). The lowest BCUT2D eigenvalue weighted by molar-refractivity contribution is -0.384. The van der Waals surface area contributed by atoms with Gasteiger partial charge in [0, 0.05) is 38.0 Å². The fourth-order valence-corrected chi connectivity index (χ4v) is 1.73. The molecule has 0 aliphatic rings. The van der Waals surface area contributed by atoms with Crippen LogP contribution in [-0.4, -0.2) is 27.7 Å². The number of nitrogens with one attached hydrogen (secondary N) is 2. The number of amides is 1. The van der Waals surface area contributed by atoms with Gasteiger partial charge in [-0.15, -0.1) is 0 Å². The number of hydrogen-bond donors (Lipinski definition) is 2. The van der Waals surface area contributed by atoms with E-state index in [2.05, 4.69) is 15.7 Å². The molecular formula is C12H13N5O3. The molecule has 0 fully saturated rings.